The molecule has 168 valence electrons. The van der Waals surface area contributed by atoms with Crippen molar-refractivity contribution in [2.24, 2.45) is 5.92 Å². The molecular weight excluding hydrogens is 430 g/mol. The number of esters is 2. The van der Waals surface area contributed by atoms with Crippen LogP contribution in [0.4, 0.5) is 0 Å². The Labute approximate surface area is 190 Å². The molecule has 1 N–H and O–H groups in total. The predicted molar refractivity (Wildman–Crippen MR) is 118 cm³/mol. The van der Waals surface area contributed by atoms with Crippen molar-refractivity contribution < 1.29 is 28.3 Å². The van der Waals surface area contributed by atoms with Gasteiger partial charge in [0.05, 0.1) is 25.1 Å². The number of carbonyl (C=O) groups is 3. The molecule has 8 heteroatoms. The van der Waals surface area contributed by atoms with Gasteiger partial charge in [0, 0.05) is 28.8 Å². The zero-order chi connectivity index (χ0) is 22.8. The van der Waals surface area contributed by atoms with Gasteiger partial charge >= 0.3 is 11.9 Å². The summed E-state index contributed by atoms with van der Waals surface area (Å²) in [5.74, 6) is -3.03. The highest BCUT2D eigenvalue weighted by molar-refractivity contribution is 7.08. The Kier molecular flexibility index (Phi) is 6.32. The van der Waals surface area contributed by atoms with E-state index in [1.807, 2.05) is 16.8 Å². The summed E-state index contributed by atoms with van der Waals surface area (Å²) >= 11 is 1.48. The molecule has 2 aromatic rings. The normalized spacial score (nSPS) is 23.0. The number of hydrogen-bond acceptors (Lipinski definition) is 8. The Hall–Kier alpha value is -3.13. The number of Topliss-reactive ketones (excluding diaryl/α,β-unsaturated/α-hetero) is 1. The number of dihydropyridines is 1. The molecule has 2 aromatic heterocycles. The molecule has 0 fully saturated rings. The monoisotopic (exact) mass is 455 g/mol. The number of ether oxygens (including phenoxy) is 2. The van der Waals surface area contributed by atoms with Gasteiger partial charge in [-0.25, -0.2) is 4.79 Å². The fourth-order valence-electron chi connectivity index (χ4n) is 4.56. The van der Waals surface area contributed by atoms with E-state index in [4.69, 9.17) is 13.9 Å². The zero-order valence-electron chi connectivity index (χ0n) is 18.2. The minimum atomic E-state index is -1.05. The van der Waals surface area contributed by atoms with E-state index in [-0.39, 0.29) is 19.0 Å². The third-order valence-electron chi connectivity index (χ3n) is 5.84. The van der Waals surface area contributed by atoms with Crippen LogP contribution in [0.15, 0.2) is 62.2 Å². The number of allylic oxidation sites excluding steroid dienone is 3. The first-order valence-electron chi connectivity index (χ1n) is 10.6. The lowest BCUT2D eigenvalue weighted by molar-refractivity contribution is -0.152. The molecule has 1 aliphatic carbocycles. The molecule has 2 aliphatic rings. The Morgan fingerprint density at radius 3 is 2.62 bits per heavy atom. The van der Waals surface area contributed by atoms with Crippen molar-refractivity contribution in [1.29, 1.82) is 0 Å². The average molecular weight is 456 g/mol. The fourth-order valence-corrected chi connectivity index (χ4v) is 5.24. The Morgan fingerprint density at radius 2 is 2.00 bits per heavy atom. The van der Waals surface area contributed by atoms with Gasteiger partial charge < -0.3 is 19.2 Å². The molecule has 4 rings (SSSR count). The van der Waals surface area contributed by atoms with E-state index >= 15 is 0 Å². The summed E-state index contributed by atoms with van der Waals surface area (Å²) in [5, 5.41) is 7.08. The largest absolute Gasteiger partial charge is 0.469 e. The van der Waals surface area contributed by atoms with Gasteiger partial charge in [-0.2, -0.15) is 11.3 Å². The van der Waals surface area contributed by atoms with Crippen molar-refractivity contribution >= 4 is 29.1 Å². The van der Waals surface area contributed by atoms with E-state index in [0.717, 1.165) is 5.56 Å². The quantitative estimate of drug-likeness (QED) is 0.519. The number of ketones is 1. The van der Waals surface area contributed by atoms with Crippen molar-refractivity contribution in [2.75, 3.05) is 13.2 Å². The van der Waals surface area contributed by atoms with E-state index in [1.54, 1.807) is 32.9 Å². The molecule has 3 heterocycles. The molecule has 32 heavy (non-hydrogen) atoms. The Balaban J connectivity index is 1.85. The number of hydrogen-bond donors (Lipinski definition) is 1. The standard InChI is InChI=1S/C24H25NO6S/c1-4-29-23(27)18-13(3)25-16-11-15(17-7-6-9-31-17)20(24(28)30-5-2)22(26)21(16)19(18)14-8-10-32-12-14/h6-10,12,15,19-20,25H,4-5,11H2,1-3H3/t15-,19+,20-/m1/s1. The highest BCUT2D eigenvalue weighted by Gasteiger charge is 2.49. The molecule has 0 saturated heterocycles. The maximum absolute atomic E-state index is 13.9. The lowest BCUT2D eigenvalue weighted by Gasteiger charge is -2.38. The van der Waals surface area contributed by atoms with E-state index in [0.29, 0.717) is 34.7 Å². The lowest BCUT2D eigenvalue weighted by atomic mass is 9.68. The number of furan rings is 1. The molecule has 0 spiro atoms. The van der Waals surface area contributed by atoms with Gasteiger partial charge in [-0.1, -0.05) is 0 Å². The predicted octanol–water partition coefficient (Wildman–Crippen LogP) is 4.06. The van der Waals surface area contributed by atoms with Gasteiger partial charge in [0.1, 0.15) is 11.7 Å². The molecule has 0 amide bonds. The molecule has 0 aromatic carbocycles. The molecule has 0 unspecified atom stereocenters. The first-order chi connectivity index (χ1) is 15.5. The van der Waals surface area contributed by atoms with Crippen molar-refractivity contribution in [1.82, 2.24) is 5.32 Å². The van der Waals surface area contributed by atoms with E-state index in [1.165, 1.54) is 17.6 Å². The Morgan fingerprint density at radius 1 is 1.22 bits per heavy atom. The number of carbonyl (C=O) groups excluding carboxylic acids is 3. The van der Waals surface area contributed by atoms with E-state index < -0.39 is 29.7 Å². The summed E-state index contributed by atoms with van der Waals surface area (Å²) in [6.45, 7) is 5.64. The van der Waals surface area contributed by atoms with Crippen molar-refractivity contribution in [3.05, 3.63) is 69.1 Å². The zero-order valence-corrected chi connectivity index (χ0v) is 19.0. The van der Waals surface area contributed by atoms with Gasteiger partial charge in [-0.05, 0) is 61.7 Å². The second-order valence-electron chi connectivity index (χ2n) is 7.69. The molecule has 0 bridgehead atoms. The van der Waals surface area contributed by atoms with Crippen LogP contribution in [-0.2, 0) is 23.9 Å². The molecule has 1 aliphatic heterocycles. The first kappa shape index (κ1) is 22.1. The van der Waals surface area contributed by atoms with Crippen molar-refractivity contribution in [3.63, 3.8) is 0 Å². The fraction of sp³-hybridized carbons (Fsp3) is 0.375. The Bertz CT molecular complexity index is 1080. The van der Waals surface area contributed by atoms with Crippen LogP contribution < -0.4 is 5.32 Å². The molecule has 3 atom stereocenters. The second-order valence-corrected chi connectivity index (χ2v) is 8.47. The highest BCUT2D eigenvalue weighted by Crippen LogP contribution is 2.48. The van der Waals surface area contributed by atoms with Gasteiger partial charge in [0.25, 0.3) is 0 Å². The van der Waals surface area contributed by atoms with Gasteiger partial charge in [0.2, 0.25) is 0 Å². The van der Waals surface area contributed by atoms with Crippen LogP contribution in [-0.4, -0.2) is 30.9 Å². The van der Waals surface area contributed by atoms with E-state index in [2.05, 4.69) is 5.32 Å². The minimum Gasteiger partial charge on any atom is -0.469 e. The number of thiophene rings is 1. The lowest BCUT2D eigenvalue weighted by Crippen LogP contribution is -2.43. The van der Waals surface area contributed by atoms with Gasteiger partial charge in [0.15, 0.2) is 5.78 Å². The minimum absolute atomic E-state index is 0.165. The van der Waals surface area contributed by atoms with Crippen LogP contribution in [0.1, 0.15) is 50.4 Å². The number of nitrogens with one attached hydrogen (secondary N) is 1. The van der Waals surface area contributed by atoms with Crippen molar-refractivity contribution in [2.45, 2.75) is 39.0 Å². The first-order valence-corrected chi connectivity index (χ1v) is 11.6. The summed E-state index contributed by atoms with van der Waals surface area (Å²) in [7, 11) is 0. The molecule has 0 saturated carbocycles. The summed E-state index contributed by atoms with van der Waals surface area (Å²) < 4.78 is 16.2. The van der Waals surface area contributed by atoms with Gasteiger partial charge in [-0.15, -0.1) is 0 Å². The number of rotatable bonds is 6. The van der Waals surface area contributed by atoms with Crippen LogP contribution in [0.3, 0.4) is 0 Å². The van der Waals surface area contributed by atoms with Crippen molar-refractivity contribution in [3.8, 4) is 0 Å². The summed E-state index contributed by atoms with van der Waals surface area (Å²) in [4.78, 5) is 39.8. The van der Waals surface area contributed by atoms with Gasteiger partial charge in [-0.3, -0.25) is 9.59 Å². The molecule has 7 nitrogen and oxygen atoms in total. The average Bonchev–Trinajstić information content (AvgIpc) is 3.47. The smallest absolute Gasteiger partial charge is 0.336 e. The third kappa shape index (κ3) is 3.79. The second kappa shape index (κ2) is 9.16. The van der Waals surface area contributed by atoms with Crippen LogP contribution in [0.5, 0.6) is 0 Å². The SMILES string of the molecule is CCOC(=O)C1=C(C)NC2=C(C(=O)[C@H](C(=O)OCC)[C@@H](c3ccco3)C2)[C@H]1c1ccsc1. The third-order valence-corrected chi connectivity index (χ3v) is 6.54. The van der Waals surface area contributed by atoms with Crippen LogP contribution in [0, 0.1) is 5.92 Å². The summed E-state index contributed by atoms with van der Waals surface area (Å²) in [5.41, 5.74) is 2.95. The van der Waals surface area contributed by atoms with Crippen LogP contribution >= 0.6 is 11.3 Å². The maximum atomic E-state index is 13.9. The highest BCUT2D eigenvalue weighted by atomic mass is 32.1. The maximum Gasteiger partial charge on any atom is 0.336 e. The summed E-state index contributed by atoms with van der Waals surface area (Å²) in [6.07, 6.45) is 1.91. The molecular formula is C24H25NO6S. The van der Waals surface area contributed by atoms with E-state index in [9.17, 15) is 14.4 Å². The van der Waals surface area contributed by atoms with Crippen LogP contribution in [0.2, 0.25) is 0 Å². The topological polar surface area (TPSA) is 94.8 Å². The van der Waals surface area contributed by atoms with Crippen LogP contribution in [0.25, 0.3) is 0 Å². The molecule has 0 radical (unpaired) electrons. The summed E-state index contributed by atoms with van der Waals surface area (Å²) in [6, 6.07) is 5.39.